The Balaban J connectivity index is 2.21. The Morgan fingerprint density at radius 2 is 2.07 bits per heavy atom. The minimum absolute atomic E-state index is 0.319. The SMILES string of the molecule is NC(=O)c1cccn1C1CCCCC1. The molecule has 0 saturated heterocycles. The number of carbonyl (C=O) groups excluding carboxylic acids is 1. The molecule has 14 heavy (non-hydrogen) atoms. The minimum Gasteiger partial charge on any atom is -0.364 e. The second-order valence-electron chi connectivity index (χ2n) is 3.96. The van der Waals surface area contributed by atoms with Crippen LogP contribution < -0.4 is 5.73 Å². The molecule has 1 aromatic rings. The van der Waals surface area contributed by atoms with Gasteiger partial charge in [-0.2, -0.15) is 0 Å². The van der Waals surface area contributed by atoms with Crippen LogP contribution in [-0.2, 0) is 0 Å². The molecule has 0 aliphatic heterocycles. The average molecular weight is 192 g/mol. The highest BCUT2D eigenvalue weighted by atomic mass is 16.1. The van der Waals surface area contributed by atoms with Crippen molar-refractivity contribution in [3.8, 4) is 0 Å². The van der Waals surface area contributed by atoms with Gasteiger partial charge in [-0.05, 0) is 25.0 Å². The van der Waals surface area contributed by atoms with Crippen molar-refractivity contribution >= 4 is 5.91 Å². The number of nitrogens with two attached hydrogens (primary N) is 1. The molecule has 0 spiro atoms. The Labute approximate surface area is 83.9 Å². The van der Waals surface area contributed by atoms with Crippen molar-refractivity contribution in [1.29, 1.82) is 0 Å². The third-order valence-corrected chi connectivity index (χ3v) is 3.00. The first-order valence-electron chi connectivity index (χ1n) is 5.25. The summed E-state index contributed by atoms with van der Waals surface area (Å²) < 4.78 is 2.04. The van der Waals surface area contributed by atoms with E-state index in [1.165, 1.54) is 32.1 Å². The summed E-state index contributed by atoms with van der Waals surface area (Å²) in [5.74, 6) is -0.319. The van der Waals surface area contributed by atoms with Crippen LogP contribution in [0.3, 0.4) is 0 Å². The highest BCUT2D eigenvalue weighted by molar-refractivity contribution is 5.91. The molecule has 0 radical (unpaired) electrons. The maximum atomic E-state index is 11.1. The predicted molar refractivity (Wildman–Crippen MR) is 55.1 cm³/mol. The van der Waals surface area contributed by atoms with Crippen LogP contribution in [0.4, 0.5) is 0 Å². The van der Waals surface area contributed by atoms with E-state index in [1.807, 2.05) is 16.8 Å². The summed E-state index contributed by atoms with van der Waals surface area (Å²) in [6.45, 7) is 0. The quantitative estimate of drug-likeness (QED) is 0.766. The average Bonchev–Trinajstić information content (AvgIpc) is 2.67. The number of hydrogen-bond acceptors (Lipinski definition) is 1. The lowest BCUT2D eigenvalue weighted by Gasteiger charge is -2.24. The maximum absolute atomic E-state index is 11.1. The molecule has 1 amide bonds. The van der Waals surface area contributed by atoms with Crippen LogP contribution in [0.5, 0.6) is 0 Å². The van der Waals surface area contributed by atoms with E-state index in [9.17, 15) is 4.79 Å². The Morgan fingerprint density at radius 3 is 2.71 bits per heavy atom. The number of aromatic nitrogens is 1. The lowest BCUT2D eigenvalue weighted by molar-refractivity contribution is 0.0988. The number of amides is 1. The lowest BCUT2D eigenvalue weighted by atomic mass is 9.95. The topological polar surface area (TPSA) is 48.0 Å². The summed E-state index contributed by atoms with van der Waals surface area (Å²) in [7, 11) is 0. The van der Waals surface area contributed by atoms with E-state index >= 15 is 0 Å². The summed E-state index contributed by atoms with van der Waals surface area (Å²) in [6, 6.07) is 4.19. The van der Waals surface area contributed by atoms with Gasteiger partial charge in [0.2, 0.25) is 0 Å². The van der Waals surface area contributed by atoms with Crippen LogP contribution in [0, 0.1) is 0 Å². The zero-order valence-electron chi connectivity index (χ0n) is 8.28. The van der Waals surface area contributed by atoms with Crippen molar-refractivity contribution in [2.45, 2.75) is 38.1 Å². The molecule has 2 rings (SSSR count). The summed E-state index contributed by atoms with van der Waals surface area (Å²) >= 11 is 0. The number of nitrogens with zero attached hydrogens (tertiary/aromatic N) is 1. The maximum Gasteiger partial charge on any atom is 0.265 e. The molecule has 0 bridgehead atoms. The molecule has 0 aromatic carbocycles. The van der Waals surface area contributed by atoms with E-state index < -0.39 is 0 Å². The van der Waals surface area contributed by atoms with Gasteiger partial charge in [0, 0.05) is 12.2 Å². The molecule has 1 saturated carbocycles. The van der Waals surface area contributed by atoms with E-state index in [0.29, 0.717) is 11.7 Å². The third-order valence-electron chi connectivity index (χ3n) is 3.00. The molecule has 1 heterocycles. The largest absolute Gasteiger partial charge is 0.364 e. The lowest BCUT2D eigenvalue weighted by Crippen LogP contribution is -2.21. The highest BCUT2D eigenvalue weighted by Gasteiger charge is 2.18. The highest BCUT2D eigenvalue weighted by Crippen LogP contribution is 2.29. The zero-order valence-corrected chi connectivity index (χ0v) is 8.28. The number of carbonyl (C=O) groups is 1. The molecule has 76 valence electrons. The smallest absolute Gasteiger partial charge is 0.265 e. The molecule has 0 unspecified atom stereocenters. The van der Waals surface area contributed by atoms with E-state index in [-0.39, 0.29) is 5.91 Å². The van der Waals surface area contributed by atoms with Gasteiger partial charge >= 0.3 is 0 Å². The Morgan fingerprint density at radius 1 is 1.36 bits per heavy atom. The van der Waals surface area contributed by atoms with Crippen LogP contribution in [-0.4, -0.2) is 10.5 Å². The van der Waals surface area contributed by atoms with Crippen LogP contribution >= 0.6 is 0 Å². The van der Waals surface area contributed by atoms with Crippen molar-refractivity contribution in [2.75, 3.05) is 0 Å². The van der Waals surface area contributed by atoms with Crippen LogP contribution in [0.2, 0.25) is 0 Å². The first-order valence-corrected chi connectivity index (χ1v) is 5.25. The first-order chi connectivity index (χ1) is 6.79. The van der Waals surface area contributed by atoms with Gasteiger partial charge in [-0.15, -0.1) is 0 Å². The molecule has 3 nitrogen and oxygen atoms in total. The van der Waals surface area contributed by atoms with Crippen molar-refractivity contribution < 1.29 is 4.79 Å². The molecule has 1 fully saturated rings. The van der Waals surface area contributed by atoms with E-state index in [2.05, 4.69) is 0 Å². The molecule has 3 heteroatoms. The van der Waals surface area contributed by atoms with Gasteiger partial charge in [-0.3, -0.25) is 4.79 Å². The van der Waals surface area contributed by atoms with Crippen LogP contribution in [0.15, 0.2) is 18.3 Å². The molecule has 1 aromatic heterocycles. The summed E-state index contributed by atoms with van der Waals surface area (Å²) in [4.78, 5) is 11.1. The second kappa shape index (κ2) is 3.86. The van der Waals surface area contributed by atoms with Crippen molar-refractivity contribution in [3.63, 3.8) is 0 Å². The van der Waals surface area contributed by atoms with Gasteiger partial charge in [-0.25, -0.2) is 0 Å². The third kappa shape index (κ3) is 1.67. The Kier molecular flexibility index (Phi) is 2.57. The fourth-order valence-electron chi connectivity index (χ4n) is 2.28. The fraction of sp³-hybridized carbons (Fsp3) is 0.545. The van der Waals surface area contributed by atoms with E-state index in [0.717, 1.165) is 0 Å². The van der Waals surface area contributed by atoms with Gasteiger partial charge < -0.3 is 10.3 Å². The van der Waals surface area contributed by atoms with E-state index in [4.69, 9.17) is 5.73 Å². The van der Waals surface area contributed by atoms with Crippen molar-refractivity contribution in [3.05, 3.63) is 24.0 Å². The van der Waals surface area contributed by atoms with Gasteiger partial charge in [0.15, 0.2) is 0 Å². The summed E-state index contributed by atoms with van der Waals surface area (Å²) in [5.41, 5.74) is 5.96. The molecular formula is C11H16N2O. The van der Waals surface area contributed by atoms with Crippen LogP contribution in [0.25, 0.3) is 0 Å². The van der Waals surface area contributed by atoms with Crippen molar-refractivity contribution in [2.24, 2.45) is 5.73 Å². The standard InChI is InChI=1S/C11H16N2O/c12-11(14)10-7-4-8-13(10)9-5-2-1-3-6-9/h4,7-9H,1-3,5-6H2,(H2,12,14). The fourth-order valence-corrected chi connectivity index (χ4v) is 2.28. The first kappa shape index (κ1) is 9.31. The monoisotopic (exact) mass is 192 g/mol. The summed E-state index contributed by atoms with van der Waals surface area (Å²) in [5, 5.41) is 0. The molecule has 2 N–H and O–H groups in total. The molecule has 1 aliphatic rings. The second-order valence-corrected chi connectivity index (χ2v) is 3.96. The van der Waals surface area contributed by atoms with Crippen molar-refractivity contribution in [1.82, 2.24) is 4.57 Å². The minimum atomic E-state index is -0.319. The predicted octanol–water partition coefficient (Wildman–Crippen LogP) is 2.09. The van der Waals surface area contributed by atoms with Gasteiger partial charge in [0.25, 0.3) is 5.91 Å². The molecular weight excluding hydrogens is 176 g/mol. The Hall–Kier alpha value is -1.25. The van der Waals surface area contributed by atoms with Gasteiger partial charge in [0.1, 0.15) is 5.69 Å². The van der Waals surface area contributed by atoms with Gasteiger partial charge in [-0.1, -0.05) is 19.3 Å². The molecule has 1 aliphatic carbocycles. The van der Waals surface area contributed by atoms with Crippen LogP contribution in [0.1, 0.15) is 48.6 Å². The zero-order chi connectivity index (χ0) is 9.97. The normalized spacial score (nSPS) is 18.3. The Bertz CT molecular complexity index is 324. The van der Waals surface area contributed by atoms with E-state index in [1.54, 1.807) is 6.07 Å². The number of hydrogen-bond donors (Lipinski definition) is 1. The molecule has 0 atom stereocenters. The number of rotatable bonds is 2. The summed E-state index contributed by atoms with van der Waals surface area (Å²) in [6.07, 6.45) is 8.17. The van der Waals surface area contributed by atoms with Gasteiger partial charge in [0.05, 0.1) is 0 Å². The number of primary amides is 1.